The van der Waals surface area contributed by atoms with Gasteiger partial charge in [-0.3, -0.25) is 10.1 Å². The molecule has 0 fully saturated rings. The average Bonchev–Trinajstić information content (AvgIpc) is 2.77. The number of amides is 3. The Bertz CT molecular complexity index is 1460. The Hall–Kier alpha value is -3.17. The Kier molecular flexibility index (Phi) is 7.28. The second-order valence-electron chi connectivity index (χ2n) is 6.98. The van der Waals surface area contributed by atoms with Gasteiger partial charge in [-0.15, -0.1) is 0 Å². The number of nitrogens with one attached hydrogen (secondary N) is 2. The zero-order chi connectivity index (χ0) is 25.3. The highest BCUT2D eigenvalue weighted by molar-refractivity contribution is 6.39. The molecule has 4 rings (SSSR count). The van der Waals surface area contributed by atoms with Gasteiger partial charge >= 0.3 is 6.03 Å². The second kappa shape index (κ2) is 10.2. The van der Waals surface area contributed by atoms with Crippen molar-refractivity contribution in [2.45, 2.75) is 0 Å². The molecule has 3 amide bonds. The van der Waals surface area contributed by atoms with Crippen LogP contribution >= 0.6 is 46.4 Å². The topological polar surface area (TPSA) is 80.3 Å². The number of rotatable bonds is 4. The minimum Gasteiger partial charge on any atom is -0.453 e. The Morgan fingerprint density at radius 3 is 2.31 bits per heavy atom. The summed E-state index contributed by atoms with van der Waals surface area (Å²) in [5, 5.41) is 6.47. The molecule has 35 heavy (non-hydrogen) atoms. The Labute approximate surface area is 216 Å². The number of nitrogens with zero attached hydrogens (tertiary/aromatic N) is 1. The van der Waals surface area contributed by atoms with Crippen LogP contribution in [0.25, 0.3) is 10.8 Å². The number of imide groups is 1. The number of carbonyl (C=O) groups is 2. The second-order valence-corrected chi connectivity index (χ2v) is 8.61. The van der Waals surface area contributed by atoms with Crippen molar-refractivity contribution in [1.29, 1.82) is 0 Å². The lowest BCUT2D eigenvalue weighted by Gasteiger charge is -2.14. The van der Waals surface area contributed by atoms with Crippen LogP contribution in [0.3, 0.4) is 0 Å². The molecule has 2 N–H and O–H groups in total. The molecule has 3 aromatic carbocycles. The van der Waals surface area contributed by atoms with E-state index in [0.717, 1.165) is 17.6 Å². The first-order chi connectivity index (χ1) is 16.6. The molecule has 0 aliphatic rings. The van der Waals surface area contributed by atoms with E-state index in [1.165, 1.54) is 12.1 Å². The number of hydrogen-bond donors (Lipinski definition) is 2. The van der Waals surface area contributed by atoms with Crippen LogP contribution in [0.15, 0.2) is 54.7 Å². The third-order valence-electron chi connectivity index (χ3n) is 4.66. The molecule has 6 nitrogen and oxygen atoms in total. The van der Waals surface area contributed by atoms with Gasteiger partial charge in [0.05, 0.1) is 15.1 Å². The molecular formula is C23H11Cl4F2N3O3. The minimum absolute atomic E-state index is 0.00995. The molecular weight excluding hydrogens is 546 g/mol. The smallest absolute Gasteiger partial charge is 0.326 e. The lowest BCUT2D eigenvalue weighted by atomic mass is 10.1. The van der Waals surface area contributed by atoms with Gasteiger partial charge < -0.3 is 10.1 Å². The highest BCUT2D eigenvalue weighted by atomic mass is 35.5. The molecule has 4 aromatic rings. The number of carbonyl (C=O) groups excluding carboxylic acids is 2. The van der Waals surface area contributed by atoms with Crippen LogP contribution in [0.2, 0.25) is 20.1 Å². The number of anilines is 1. The number of pyridine rings is 1. The first-order valence-corrected chi connectivity index (χ1v) is 11.1. The van der Waals surface area contributed by atoms with Gasteiger partial charge in [0.15, 0.2) is 5.75 Å². The maximum atomic E-state index is 13.7. The highest BCUT2D eigenvalue weighted by Gasteiger charge is 2.21. The molecule has 0 aliphatic carbocycles. The van der Waals surface area contributed by atoms with Gasteiger partial charge in [-0.05, 0) is 41.8 Å². The Morgan fingerprint density at radius 1 is 0.914 bits per heavy atom. The maximum absolute atomic E-state index is 13.7. The molecule has 12 heteroatoms. The third-order valence-corrected chi connectivity index (χ3v) is 5.84. The van der Waals surface area contributed by atoms with Crippen molar-refractivity contribution in [3.8, 4) is 11.5 Å². The number of fused-ring (bicyclic) bond motifs is 1. The van der Waals surface area contributed by atoms with E-state index in [1.54, 1.807) is 35.6 Å². The van der Waals surface area contributed by atoms with Crippen molar-refractivity contribution in [2.24, 2.45) is 0 Å². The summed E-state index contributed by atoms with van der Waals surface area (Å²) in [4.78, 5) is 27.4. The lowest BCUT2D eigenvalue weighted by molar-refractivity contribution is 0.0958. The summed E-state index contributed by atoms with van der Waals surface area (Å²) in [7, 11) is 0. The zero-order valence-corrected chi connectivity index (χ0v) is 20.2. The molecule has 0 spiro atoms. The predicted octanol–water partition coefficient (Wildman–Crippen LogP) is 7.88. The first-order valence-electron chi connectivity index (χ1n) is 9.61. The van der Waals surface area contributed by atoms with E-state index in [2.05, 4.69) is 10.3 Å². The van der Waals surface area contributed by atoms with Crippen LogP contribution in [0, 0.1) is 11.8 Å². The molecule has 0 saturated carbocycles. The number of ether oxygens (including phenoxy) is 1. The van der Waals surface area contributed by atoms with Gasteiger partial charge in [-0.1, -0.05) is 58.5 Å². The quantitative estimate of drug-likeness (QED) is 0.250. The van der Waals surface area contributed by atoms with Gasteiger partial charge in [0.1, 0.15) is 17.1 Å². The van der Waals surface area contributed by atoms with E-state index in [-0.39, 0.29) is 27.2 Å². The summed E-state index contributed by atoms with van der Waals surface area (Å²) >= 11 is 25.0. The molecule has 1 aromatic heterocycles. The normalized spacial score (nSPS) is 10.8. The molecule has 178 valence electrons. The largest absolute Gasteiger partial charge is 0.453 e. The fraction of sp³-hybridized carbons (Fsp3) is 0. The van der Waals surface area contributed by atoms with Crippen molar-refractivity contribution < 1.29 is 23.1 Å². The van der Waals surface area contributed by atoms with Crippen molar-refractivity contribution in [3.63, 3.8) is 0 Å². The number of aromatic nitrogens is 1. The SMILES string of the molecule is O=C(NC(=O)c1c(F)ccnc1F)Nc1cc(Cl)c(Oc2ccc3cc(Cl)ccc3c2Cl)c(Cl)c1. The summed E-state index contributed by atoms with van der Waals surface area (Å²) < 4.78 is 33.2. The summed E-state index contributed by atoms with van der Waals surface area (Å²) in [6, 6.07) is 10.9. The van der Waals surface area contributed by atoms with Gasteiger partial charge in [0.2, 0.25) is 5.95 Å². The highest BCUT2D eigenvalue weighted by Crippen LogP contribution is 2.42. The summed E-state index contributed by atoms with van der Waals surface area (Å²) in [6.07, 6.45) is 0.843. The van der Waals surface area contributed by atoms with Crippen LogP contribution in [0.1, 0.15) is 10.4 Å². The van der Waals surface area contributed by atoms with E-state index in [9.17, 15) is 18.4 Å². The summed E-state index contributed by atoms with van der Waals surface area (Å²) in [5.41, 5.74) is -0.930. The third kappa shape index (κ3) is 5.41. The number of halogens is 6. The monoisotopic (exact) mass is 555 g/mol. The van der Waals surface area contributed by atoms with Crippen LogP contribution in [-0.2, 0) is 0 Å². The van der Waals surface area contributed by atoms with Crippen LogP contribution in [0.4, 0.5) is 19.3 Å². The first kappa shape index (κ1) is 24.9. The summed E-state index contributed by atoms with van der Waals surface area (Å²) in [5.74, 6) is -3.53. The maximum Gasteiger partial charge on any atom is 0.326 e. The van der Waals surface area contributed by atoms with Crippen molar-refractivity contribution in [3.05, 3.63) is 92.1 Å². The molecule has 1 heterocycles. The molecule has 0 unspecified atom stereocenters. The Morgan fingerprint density at radius 2 is 1.63 bits per heavy atom. The zero-order valence-electron chi connectivity index (χ0n) is 17.1. The van der Waals surface area contributed by atoms with Gasteiger partial charge in [0.25, 0.3) is 5.91 Å². The molecule has 0 atom stereocenters. The van der Waals surface area contributed by atoms with Crippen molar-refractivity contribution >= 4 is 74.8 Å². The van der Waals surface area contributed by atoms with Gasteiger partial charge in [-0.25, -0.2) is 14.2 Å². The van der Waals surface area contributed by atoms with E-state index >= 15 is 0 Å². The minimum atomic E-state index is -1.36. The van der Waals surface area contributed by atoms with Gasteiger partial charge in [-0.2, -0.15) is 4.39 Å². The fourth-order valence-corrected chi connectivity index (χ4v) is 4.12. The summed E-state index contributed by atoms with van der Waals surface area (Å²) in [6.45, 7) is 0. The molecule has 0 aliphatic heterocycles. The van der Waals surface area contributed by atoms with Gasteiger partial charge in [0, 0.05) is 22.3 Å². The van der Waals surface area contributed by atoms with Crippen LogP contribution in [0.5, 0.6) is 11.5 Å². The predicted molar refractivity (Wildman–Crippen MR) is 131 cm³/mol. The number of urea groups is 1. The Balaban J connectivity index is 1.51. The van der Waals surface area contributed by atoms with E-state index < -0.39 is 29.3 Å². The van der Waals surface area contributed by atoms with Crippen LogP contribution in [-0.4, -0.2) is 16.9 Å². The van der Waals surface area contributed by atoms with E-state index in [4.69, 9.17) is 51.1 Å². The van der Waals surface area contributed by atoms with E-state index in [0.29, 0.717) is 15.4 Å². The van der Waals surface area contributed by atoms with Crippen molar-refractivity contribution in [2.75, 3.05) is 5.32 Å². The van der Waals surface area contributed by atoms with Crippen molar-refractivity contribution in [1.82, 2.24) is 10.3 Å². The molecule has 0 radical (unpaired) electrons. The number of benzene rings is 3. The van der Waals surface area contributed by atoms with E-state index in [1.807, 2.05) is 0 Å². The molecule has 0 saturated heterocycles. The van der Waals surface area contributed by atoms with Crippen LogP contribution < -0.4 is 15.4 Å². The standard InChI is InChI=1S/C23H11Cl4F2N3O3/c24-11-2-3-13-10(7-11)1-4-17(19(13)27)35-20-14(25)8-12(9-15(20)26)31-23(34)32-22(33)18-16(28)5-6-30-21(18)29/h1-9H,(H2,31,32,33,34). The fourth-order valence-electron chi connectivity index (χ4n) is 3.11. The average molecular weight is 557 g/mol. The molecule has 0 bridgehead atoms. The lowest BCUT2D eigenvalue weighted by Crippen LogP contribution is -2.35. The number of hydrogen-bond acceptors (Lipinski definition) is 4.